The summed E-state index contributed by atoms with van der Waals surface area (Å²) in [6.07, 6.45) is 6.74. The van der Waals surface area contributed by atoms with E-state index in [-0.39, 0.29) is 11.8 Å². The number of hydrazone groups is 1. The summed E-state index contributed by atoms with van der Waals surface area (Å²) in [6.45, 7) is 2.13. The standard InChI is InChI=1S/C17H22N2O/c1-2-7-15(13-8-4-3-5-9-13)18-19-16(20)14-12-17(14)10-6-11-17/h3-5,8-9,14H,2,6-7,10-12H2,1H3,(H,19,20)/b18-15+/t14-/m0/s1. The molecular weight excluding hydrogens is 248 g/mol. The molecule has 0 unspecified atom stereocenters. The van der Waals surface area contributed by atoms with Crippen molar-refractivity contribution in [1.82, 2.24) is 5.43 Å². The first kappa shape index (κ1) is 13.3. The summed E-state index contributed by atoms with van der Waals surface area (Å²) in [5, 5.41) is 4.39. The summed E-state index contributed by atoms with van der Waals surface area (Å²) in [6, 6.07) is 10.1. The molecule has 1 aromatic rings. The van der Waals surface area contributed by atoms with Crippen LogP contribution in [-0.2, 0) is 4.79 Å². The predicted octanol–water partition coefficient (Wildman–Crippen LogP) is 3.50. The molecular formula is C17H22N2O. The van der Waals surface area contributed by atoms with Crippen LogP contribution in [0.15, 0.2) is 35.4 Å². The van der Waals surface area contributed by atoms with Crippen LogP contribution in [0.5, 0.6) is 0 Å². The van der Waals surface area contributed by atoms with E-state index in [0.717, 1.165) is 30.5 Å². The molecule has 2 saturated carbocycles. The van der Waals surface area contributed by atoms with Gasteiger partial charge in [0.2, 0.25) is 5.91 Å². The summed E-state index contributed by atoms with van der Waals surface area (Å²) in [5.41, 5.74) is 5.25. The van der Waals surface area contributed by atoms with Gasteiger partial charge in [0, 0.05) is 5.92 Å². The van der Waals surface area contributed by atoms with Crippen LogP contribution in [0.2, 0.25) is 0 Å². The summed E-state index contributed by atoms with van der Waals surface area (Å²) in [5.74, 6) is 0.341. The fourth-order valence-corrected chi connectivity index (χ4v) is 3.23. The Bertz CT molecular complexity index is 517. The third-order valence-corrected chi connectivity index (χ3v) is 4.75. The van der Waals surface area contributed by atoms with Crippen LogP contribution < -0.4 is 5.43 Å². The normalized spacial score (nSPS) is 23.2. The highest BCUT2D eigenvalue weighted by Gasteiger charge is 2.60. The number of hydrogen-bond acceptors (Lipinski definition) is 2. The van der Waals surface area contributed by atoms with Crippen molar-refractivity contribution in [1.29, 1.82) is 0 Å². The number of amides is 1. The van der Waals surface area contributed by atoms with Crippen molar-refractivity contribution < 1.29 is 4.79 Å². The van der Waals surface area contributed by atoms with Crippen LogP contribution in [0.4, 0.5) is 0 Å². The lowest BCUT2D eigenvalue weighted by Crippen LogP contribution is -2.27. The molecule has 3 rings (SSSR count). The highest BCUT2D eigenvalue weighted by atomic mass is 16.2. The van der Waals surface area contributed by atoms with Crippen LogP contribution in [0.25, 0.3) is 0 Å². The molecule has 1 amide bonds. The van der Waals surface area contributed by atoms with Gasteiger partial charge in [0.25, 0.3) is 0 Å². The summed E-state index contributed by atoms with van der Waals surface area (Å²) < 4.78 is 0. The van der Waals surface area contributed by atoms with Gasteiger partial charge < -0.3 is 0 Å². The van der Waals surface area contributed by atoms with Gasteiger partial charge in [0.05, 0.1) is 5.71 Å². The molecule has 2 fully saturated rings. The quantitative estimate of drug-likeness (QED) is 0.645. The van der Waals surface area contributed by atoms with Crippen molar-refractivity contribution >= 4 is 11.6 Å². The zero-order valence-electron chi connectivity index (χ0n) is 12.1. The average Bonchev–Trinajstić information content (AvgIpc) is 3.20. The minimum atomic E-state index is 0.120. The molecule has 0 saturated heterocycles. The van der Waals surface area contributed by atoms with Crippen LogP contribution in [0, 0.1) is 11.3 Å². The minimum absolute atomic E-state index is 0.120. The first-order chi connectivity index (χ1) is 9.75. The van der Waals surface area contributed by atoms with Crippen molar-refractivity contribution in [2.24, 2.45) is 16.4 Å². The summed E-state index contributed by atoms with van der Waals surface area (Å²) in [4.78, 5) is 12.1. The zero-order valence-corrected chi connectivity index (χ0v) is 12.1. The molecule has 20 heavy (non-hydrogen) atoms. The molecule has 1 atom stereocenters. The third kappa shape index (κ3) is 2.49. The van der Waals surface area contributed by atoms with Gasteiger partial charge in [-0.05, 0) is 36.7 Å². The smallest absolute Gasteiger partial charge is 0.243 e. The number of carbonyl (C=O) groups is 1. The van der Waals surface area contributed by atoms with Crippen molar-refractivity contribution in [3.05, 3.63) is 35.9 Å². The first-order valence-corrected chi connectivity index (χ1v) is 7.67. The maximum Gasteiger partial charge on any atom is 0.243 e. The van der Waals surface area contributed by atoms with Gasteiger partial charge in [-0.25, -0.2) is 5.43 Å². The lowest BCUT2D eigenvalue weighted by atomic mass is 9.80. The van der Waals surface area contributed by atoms with Gasteiger partial charge >= 0.3 is 0 Å². The van der Waals surface area contributed by atoms with Crippen LogP contribution >= 0.6 is 0 Å². The number of nitrogens with zero attached hydrogens (tertiary/aromatic N) is 1. The molecule has 0 heterocycles. The van der Waals surface area contributed by atoms with E-state index in [1.165, 1.54) is 19.3 Å². The second kappa shape index (κ2) is 5.39. The molecule has 0 radical (unpaired) electrons. The Kier molecular flexibility index (Phi) is 3.60. The fourth-order valence-electron chi connectivity index (χ4n) is 3.23. The highest BCUT2D eigenvalue weighted by Crippen LogP contribution is 2.65. The lowest BCUT2D eigenvalue weighted by molar-refractivity contribution is -0.123. The van der Waals surface area contributed by atoms with Crippen LogP contribution in [0.3, 0.4) is 0 Å². The third-order valence-electron chi connectivity index (χ3n) is 4.75. The Balaban J connectivity index is 1.64. The Morgan fingerprint density at radius 2 is 2.10 bits per heavy atom. The number of benzene rings is 1. The van der Waals surface area contributed by atoms with Crippen molar-refractivity contribution in [3.63, 3.8) is 0 Å². The minimum Gasteiger partial charge on any atom is -0.273 e. The lowest BCUT2D eigenvalue weighted by Gasteiger charge is -2.25. The molecule has 1 N–H and O–H groups in total. The van der Waals surface area contributed by atoms with Crippen molar-refractivity contribution in [2.45, 2.75) is 45.4 Å². The number of nitrogens with one attached hydrogen (secondary N) is 1. The van der Waals surface area contributed by atoms with E-state index in [1.54, 1.807) is 0 Å². The monoisotopic (exact) mass is 270 g/mol. The van der Waals surface area contributed by atoms with E-state index in [4.69, 9.17) is 0 Å². The number of rotatable bonds is 5. The predicted molar refractivity (Wildman–Crippen MR) is 80.4 cm³/mol. The van der Waals surface area contributed by atoms with E-state index in [2.05, 4.69) is 17.5 Å². The van der Waals surface area contributed by atoms with Gasteiger partial charge in [-0.2, -0.15) is 5.10 Å². The topological polar surface area (TPSA) is 41.5 Å². The van der Waals surface area contributed by atoms with Crippen molar-refractivity contribution in [2.75, 3.05) is 0 Å². The van der Waals surface area contributed by atoms with Gasteiger partial charge in [-0.15, -0.1) is 0 Å². The number of carbonyl (C=O) groups excluding carboxylic acids is 1. The van der Waals surface area contributed by atoms with Crippen LogP contribution in [-0.4, -0.2) is 11.6 Å². The average molecular weight is 270 g/mol. The van der Waals surface area contributed by atoms with E-state index in [9.17, 15) is 4.79 Å². The molecule has 2 aliphatic rings. The van der Waals surface area contributed by atoms with E-state index in [1.807, 2.05) is 30.3 Å². The highest BCUT2D eigenvalue weighted by molar-refractivity contribution is 6.01. The fraction of sp³-hybridized carbons (Fsp3) is 0.529. The van der Waals surface area contributed by atoms with Crippen molar-refractivity contribution in [3.8, 4) is 0 Å². The maximum atomic E-state index is 12.1. The Labute approximate surface area is 120 Å². The van der Waals surface area contributed by atoms with E-state index < -0.39 is 0 Å². The SMILES string of the molecule is CCC/C(=N\NC(=O)[C@@H]1CC12CCC2)c1ccccc1. The Hall–Kier alpha value is -1.64. The molecule has 106 valence electrons. The van der Waals surface area contributed by atoms with E-state index >= 15 is 0 Å². The molecule has 2 aliphatic carbocycles. The molecule has 3 nitrogen and oxygen atoms in total. The molecule has 0 aromatic heterocycles. The van der Waals surface area contributed by atoms with Crippen LogP contribution in [0.1, 0.15) is 51.0 Å². The van der Waals surface area contributed by atoms with Gasteiger partial charge in [0.15, 0.2) is 0 Å². The molecule has 1 aromatic carbocycles. The summed E-state index contributed by atoms with van der Waals surface area (Å²) in [7, 11) is 0. The van der Waals surface area contributed by atoms with Gasteiger partial charge in [-0.1, -0.05) is 50.1 Å². The van der Waals surface area contributed by atoms with E-state index in [0.29, 0.717) is 5.41 Å². The summed E-state index contributed by atoms with van der Waals surface area (Å²) >= 11 is 0. The molecule has 1 spiro atoms. The zero-order chi connectivity index (χ0) is 14.0. The number of hydrogen-bond donors (Lipinski definition) is 1. The molecule has 3 heteroatoms. The first-order valence-electron chi connectivity index (χ1n) is 7.67. The Morgan fingerprint density at radius 3 is 2.65 bits per heavy atom. The second-order valence-electron chi connectivity index (χ2n) is 6.12. The van der Waals surface area contributed by atoms with Gasteiger partial charge in [0.1, 0.15) is 0 Å². The molecule has 0 bridgehead atoms. The largest absolute Gasteiger partial charge is 0.273 e. The Morgan fingerprint density at radius 1 is 1.35 bits per heavy atom. The van der Waals surface area contributed by atoms with Gasteiger partial charge in [-0.3, -0.25) is 4.79 Å². The second-order valence-corrected chi connectivity index (χ2v) is 6.12. The maximum absolute atomic E-state index is 12.1. The molecule has 0 aliphatic heterocycles.